The first-order chi connectivity index (χ1) is 9.77. The van der Waals surface area contributed by atoms with Gasteiger partial charge in [0.15, 0.2) is 0 Å². The first kappa shape index (κ1) is 16.3. The van der Waals surface area contributed by atoms with Crippen molar-refractivity contribution in [2.75, 3.05) is 5.32 Å². The van der Waals surface area contributed by atoms with Crippen LogP contribution in [0.2, 0.25) is 0 Å². The summed E-state index contributed by atoms with van der Waals surface area (Å²) in [6.45, 7) is 0.483. The molecule has 0 radical (unpaired) electrons. The highest BCUT2D eigenvalue weighted by atomic mass is 79.9. The maximum atomic E-state index is 12.7. The maximum absolute atomic E-state index is 12.7. The summed E-state index contributed by atoms with van der Waals surface area (Å²) in [4.78, 5) is 0.964. The van der Waals surface area contributed by atoms with Crippen molar-refractivity contribution in [1.82, 2.24) is 0 Å². The monoisotopic (exact) mass is 394 g/mol. The van der Waals surface area contributed by atoms with Gasteiger partial charge in [0.05, 0.1) is 9.35 Å². The zero-order valence-corrected chi connectivity index (χ0v) is 13.7. The Morgan fingerprint density at radius 2 is 2.00 bits per heavy atom. The van der Waals surface area contributed by atoms with Crippen LogP contribution in [-0.2, 0) is 12.7 Å². The highest BCUT2D eigenvalue weighted by molar-refractivity contribution is 9.11. The van der Waals surface area contributed by atoms with Gasteiger partial charge in [-0.2, -0.15) is 13.2 Å². The van der Waals surface area contributed by atoms with Crippen LogP contribution in [0.3, 0.4) is 0 Å². The molecule has 1 aromatic carbocycles. The van der Waals surface area contributed by atoms with Crippen LogP contribution >= 0.6 is 39.5 Å². The topological polar surface area (TPSA) is 38.0 Å². The lowest BCUT2D eigenvalue weighted by molar-refractivity contribution is -0.137. The molecule has 0 amide bonds. The number of rotatable bonds is 4. The Hall–Kier alpha value is -1.12. The summed E-state index contributed by atoms with van der Waals surface area (Å²) in [5, 5.41) is 3.06. The van der Waals surface area contributed by atoms with Crippen LogP contribution in [-0.4, -0.2) is 4.99 Å². The molecule has 0 bridgehead atoms. The van der Waals surface area contributed by atoms with Gasteiger partial charge in [0.25, 0.3) is 0 Å². The van der Waals surface area contributed by atoms with E-state index in [4.69, 9.17) is 18.0 Å². The van der Waals surface area contributed by atoms with E-state index >= 15 is 0 Å². The zero-order valence-electron chi connectivity index (χ0n) is 10.5. The van der Waals surface area contributed by atoms with E-state index in [1.807, 2.05) is 12.1 Å². The molecule has 0 aliphatic carbocycles. The molecule has 1 heterocycles. The molecule has 3 N–H and O–H groups in total. The number of thiophene rings is 1. The number of halogens is 4. The van der Waals surface area contributed by atoms with Gasteiger partial charge in [0, 0.05) is 22.7 Å². The second kappa shape index (κ2) is 6.33. The molecule has 0 saturated carbocycles. The lowest BCUT2D eigenvalue weighted by Gasteiger charge is -2.14. The number of hydrogen-bond acceptors (Lipinski definition) is 3. The van der Waals surface area contributed by atoms with Gasteiger partial charge < -0.3 is 11.1 Å². The number of hydrogen-bond donors (Lipinski definition) is 2. The Morgan fingerprint density at radius 3 is 2.52 bits per heavy atom. The van der Waals surface area contributed by atoms with Crippen LogP contribution in [0.15, 0.2) is 34.1 Å². The number of nitrogens with one attached hydrogen (secondary N) is 1. The van der Waals surface area contributed by atoms with E-state index in [-0.39, 0.29) is 10.6 Å². The van der Waals surface area contributed by atoms with Crippen molar-refractivity contribution in [3.05, 3.63) is 50.1 Å². The van der Waals surface area contributed by atoms with Gasteiger partial charge in [-0.1, -0.05) is 12.2 Å². The van der Waals surface area contributed by atoms with E-state index in [2.05, 4.69) is 21.2 Å². The third-order valence-electron chi connectivity index (χ3n) is 2.69. The molecule has 21 heavy (non-hydrogen) atoms. The van der Waals surface area contributed by atoms with Crippen molar-refractivity contribution in [2.45, 2.75) is 12.7 Å². The summed E-state index contributed by atoms with van der Waals surface area (Å²) < 4.78 is 39.1. The van der Waals surface area contributed by atoms with Gasteiger partial charge >= 0.3 is 6.18 Å². The van der Waals surface area contributed by atoms with Crippen LogP contribution < -0.4 is 11.1 Å². The molecule has 0 saturated heterocycles. The second-order valence-corrected chi connectivity index (χ2v) is 7.17. The minimum absolute atomic E-state index is 0.0732. The normalized spacial score (nSPS) is 11.4. The Labute approximate surface area is 137 Å². The number of thiocarbonyl (C=S) groups is 1. The number of anilines is 1. The van der Waals surface area contributed by atoms with E-state index in [0.717, 1.165) is 20.8 Å². The Kier molecular flexibility index (Phi) is 4.90. The molecule has 0 unspecified atom stereocenters. The van der Waals surface area contributed by atoms with Crippen molar-refractivity contribution in [3.63, 3.8) is 0 Å². The van der Waals surface area contributed by atoms with E-state index < -0.39 is 11.7 Å². The smallest absolute Gasteiger partial charge is 0.389 e. The van der Waals surface area contributed by atoms with Crippen molar-refractivity contribution in [3.8, 4) is 0 Å². The molecule has 112 valence electrons. The van der Waals surface area contributed by atoms with E-state index in [1.54, 1.807) is 0 Å². The number of alkyl halides is 3. The average Bonchev–Trinajstić information content (AvgIpc) is 2.80. The van der Waals surface area contributed by atoms with Gasteiger partial charge in [-0.05, 0) is 46.3 Å². The van der Waals surface area contributed by atoms with Crippen LogP contribution in [0.25, 0.3) is 0 Å². The third-order valence-corrected chi connectivity index (χ3v) is 4.54. The van der Waals surface area contributed by atoms with Crippen LogP contribution in [0.4, 0.5) is 18.9 Å². The molecule has 1 aromatic heterocycles. The molecular weight excluding hydrogens is 385 g/mol. The van der Waals surface area contributed by atoms with Gasteiger partial charge in [0.1, 0.15) is 4.99 Å². The Morgan fingerprint density at radius 1 is 1.29 bits per heavy atom. The number of benzene rings is 1. The second-order valence-electron chi connectivity index (χ2n) is 4.18. The van der Waals surface area contributed by atoms with Gasteiger partial charge in [-0.25, -0.2) is 0 Å². The van der Waals surface area contributed by atoms with E-state index in [1.165, 1.54) is 17.4 Å². The predicted molar refractivity (Wildman–Crippen MR) is 86.7 cm³/mol. The fourth-order valence-electron chi connectivity index (χ4n) is 1.71. The van der Waals surface area contributed by atoms with Crippen molar-refractivity contribution >= 4 is 50.2 Å². The summed E-state index contributed by atoms with van der Waals surface area (Å²) in [7, 11) is 0. The van der Waals surface area contributed by atoms with Gasteiger partial charge in [0.2, 0.25) is 0 Å². The largest absolute Gasteiger partial charge is 0.416 e. The predicted octanol–water partition coefficient (Wildman–Crippen LogP) is 4.78. The average molecular weight is 395 g/mol. The van der Waals surface area contributed by atoms with E-state index in [9.17, 15) is 13.2 Å². The summed E-state index contributed by atoms with van der Waals surface area (Å²) in [5.74, 6) is 0. The molecule has 2 aromatic rings. The fraction of sp³-hybridized carbons (Fsp3) is 0.154. The highest BCUT2D eigenvalue weighted by Gasteiger charge is 2.31. The number of nitrogens with two attached hydrogens (primary N) is 1. The molecule has 2 nitrogen and oxygen atoms in total. The molecule has 0 atom stereocenters. The Bertz CT molecular complexity index is 668. The highest BCUT2D eigenvalue weighted by Crippen LogP contribution is 2.32. The first-order valence-electron chi connectivity index (χ1n) is 5.76. The molecule has 0 fully saturated rings. The minimum Gasteiger partial charge on any atom is -0.389 e. The summed E-state index contributed by atoms with van der Waals surface area (Å²) >= 11 is 9.72. The van der Waals surface area contributed by atoms with E-state index in [0.29, 0.717) is 12.2 Å². The zero-order chi connectivity index (χ0) is 15.6. The lowest BCUT2D eigenvalue weighted by Crippen LogP contribution is -2.15. The van der Waals surface area contributed by atoms with Crippen molar-refractivity contribution in [1.29, 1.82) is 0 Å². The SMILES string of the molecule is NC(=S)c1cc(C(F)(F)F)ccc1NCc1ccc(Br)s1. The maximum Gasteiger partial charge on any atom is 0.416 e. The molecule has 0 aliphatic rings. The Balaban J connectivity index is 2.24. The van der Waals surface area contributed by atoms with Crippen LogP contribution in [0.5, 0.6) is 0 Å². The molecule has 8 heteroatoms. The summed E-state index contributed by atoms with van der Waals surface area (Å²) in [5.41, 5.74) is 5.43. The van der Waals surface area contributed by atoms with Crippen molar-refractivity contribution < 1.29 is 13.2 Å². The molecular formula is C13H10BrF3N2S2. The summed E-state index contributed by atoms with van der Waals surface area (Å²) in [6, 6.07) is 7.15. The van der Waals surface area contributed by atoms with Gasteiger partial charge in [-0.3, -0.25) is 0 Å². The summed E-state index contributed by atoms with van der Waals surface area (Å²) in [6.07, 6.45) is -4.42. The molecule has 0 aliphatic heterocycles. The fourth-order valence-corrected chi connectivity index (χ4v) is 3.30. The molecule has 0 spiro atoms. The first-order valence-corrected chi connectivity index (χ1v) is 7.78. The standard InChI is InChI=1S/C13H10BrF3N2S2/c14-11-4-2-8(21-11)6-19-10-3-1-7(13(15,16)17)5-9(10)12(18)20/h1-5,19H,6H2,(H2,18,20). The van der Waals surface area contributed by atoms with Crippen LogP contribution in [0, 0.1) is 0 Å². The lowest BCUT2D eigenvalue weighted by atomic mass is 10.1. The quantitative estimate of drug-likeness (QED) is 0.733. The van der Waals surface area contributed by atoms with Crippen molar-refractivity contribution in [2.24, 2.45) is 5.73 Å². The molecule has 2 rings (SSSR count). The van der Waals surface area contributed by atoms with Gasteiger partial charge in [-0.15, -0.1) is 11.3 Å². The van der Waals surface area contributed by atoms with Crippen LogP contribution in [0.1, 0.15) is 16.0 Å². The minimum atomic E-state index is -4.42. The third kappa shape index (κ3) is 4.18.